The molecule has 0 aliphatic heterocycles. The highest BCUT2D eigenvalue weighted by Crippen LogP contribution is 2.34. The van der Waals surface area contributed by atoms with Gasteiger partial charge in [0, 0.05) is 4.48 Å². The summed E-state index contributed by atoms with van der Waals surface area (Å²) < 4.78 is 5.48. The van der Waals surface area contributed by atoms with E-state index in [4.69, 9.17) is 0 Å². The SMILES string of the molecule is O=C(OBr)C(C1=CC=CC1)=C(Br)C1=CC=CC1. The van der Waals surface area contributed by atoms with Gasteiger partial charge in [-0.1, -0.05) is 36.5 Å². The van der Waals surface area contributed by atoms with Gasteiger partial charge in [-0.3, -0.25) is 0 Å². The zero-order valence-electron chi connectivity index (χ0n) is 8.95. The Balaban J connectivity index is 2.38. The number of carbonyl (C=O) groups excluding carboxylic acids is 1. The molecule has 2 nitrogen and oxygen atoms in total. The second-order valence-corrected chi connectivity index (χ2v) is 4.82. The first-order valence-corrected chi connectivity index (χ1v) is 6.63. The molecule has 0 aromatic heterocycles. The van der Waals surface area contributed by atoms with Crippen molar-refractivity contribution in [2.24, 2.45) is 0 Å². The summed E-state index contributed by atoms with van der Waals surface area (Å²) in [4.78, 5) is 11.8. The lowest BCUT2D eigenvalue weighted by atomic mass is 10.0. The minimum atomic E-state index is -0.375. The van der Waals surface area contributed by atoms with Crippen LogP contribution in [0.1, 0.15) is 12.8 Å². The van der Waals surface area contributed by atoms with Gasteiger partial charge in [0.1, 0.15) is 0 Å². The summed E-state index contributed by atoms with van der Waals surface area (Å²) in [5.41, 5.74) is 2.64. The first kappa shape index (κ1) is 12.6. The fourth-order valence-electron chi connectivity index (χ4n) is 1.80. The summed E-state index contributed by atoms with van der Waals surface area (Å²) in [6, 6.07) is 0. The predicted molar refractivity (Wildman–Crippen MR) is 74.7 cm³/mol. The first-order chi connectivity index (χ1) is 8.24. The van der Waals surface area contributed by atoms with Gasteiger partial charge >= 0.3 is 5.97 Å². The molecule has 0 bridgehead atoms. The number of halogens is 2. The molecule has 0 aromatic carbocycles. The second kappa shape index (κ2) is 5.65. The Morgan fingerprint density at radius 1 is 1.12 bits per heavy atom. The van der Waals surface area contributed by atoms with Gasteiger partial charge in [0.05, 0.1) is 5.57 Å². The zero-order chi connectivity index (χ0) is 12.3. The largest absolute Gasteiger partial charge is 0.380 e. The van der Waals surface area contributed by atoms with Crippen molar-refractivity contribution < 1.29 is 8.62 Å². The van der Waals surface area contributed by atoms with E-state index in [1.165, 1.54) is 0 Å². The van der Waals surface area contributed by atoms with Crippen LogP contribution < -0.4 is 0 Å². The van der Waals surface area contributed by atoms with E-state index >= 15 is 0 Å². The van der Waals surface area contributed by atoms with Gasteiger partial charge in [0.2, 0.25) is 0 Å². The van der Waals surface area contributed by atoms with E-state index in [0.29, 0.717) is 5.57 Å². The van der Waals surface area contributed by atoms with Crippen LogP contribution in [0.5, 0.6) is 0 Å². The van der Waals surface area contributed by atoms with Crippen molar-refractivity contribution in [1.82, 2.24) is 0 Å². The fourth-order valence-corrected chi connectivity index (χ4v) is 2.68. The quantitative estimate of drug-likeness (QED) is 0.705. The average molecular weight is 358 g/mol. The van der Waals surface area contributed by atoms with Gasteiger partial charge in [0.25, 0.3) is 0 Å². The highest BCUT2D eigenvalue weighted by atomic mass is 79.9. The molecular formula is C13H10Br2O2. The average Bonchev–Trinajstić information content (AvgIpc) is 3.01. The molecule has 88 valence electrons. The number of rotatable bonds is 3. The molecule has 0 saturated carbocycles. The third-order valence-corrected chi connectivity index (χ3v) is 3.84. The van der Waals surface area contributed by atoms with Crippen LogP contribution in [0.15, 0.2) is 57.7 Å². The maximum atomic E-state index is 11.8. The van der Waals surface area contributed by atoms with E-state index in [0.717, 1.165) is 28.5 Å². The number of hydrogen-bond donors (Lipinski definition) is 0. The number of carbonyl (C=O) groups is 1. The molecule has 0 unspecified atom stereocenters. The van der Waals surface area contributed by atoms with E-state index in [-0.39, 0.29) is 5.97 Å². The lowest BCUT2D eigenvalue weighted by molar-refractivity contribution is -0.127. The molecule has 0 aromatic rings. The molecule has 0 atom stereocenters. The van der Waals surface area contributed by atoms with E-state index in [9.17, 15) is 4.79 Å². The Kier molecular flexibility index (Phi) is 4.18. The Bertz CT molecular complexity index is 494. The standard InChI is InChI=1S/C13H10Br2O2/c14-12(10-7-3-4-8-10)11(13(16)17-15)9-5-1-2-6-9/h1-5,7H,6,8H2. The van der Waals surface area contributed by atoms with Crippen LogP contribution in [0, 0.1) is 0 Å². The Morgan fingerprint density at radius 3 is 2.18 bits per heavy atom. The molecule has 4 heteroatoms. The van der Waals surface area contributed by atoms with Crippen LogP contribution in [0.25, 0.3) is 0 Å². The van der Waals surface area contributed by atoms with Crippen molar-refractivity contribution in [1.29, 1.82) is 0 Å². The summed E-state index contributed by atoms with van der Waals surface area (Å²) in [5, 5.41) is 0. The Morgan fingerprint density at radius 2 is 1.71 bits per heavy atom. The fraction of sp³-hybridized carbons (Fsp3) is 0.154. The molecule has 0 heterocycles. The molecule has 0 N–H and O–H groups in total. The number of hydrogen-bond acceptors (Lipinski definition) is 2. The molecule has 0 radical (unpaired) electrons. The van der Waals surface area contributed by atoms with Crippen LogP contribution in [-0.4, -0.2) is 5.97 Å². The van der Waals surface area contributed by atoms with E-state index in [2.05, 4.69) is 42.1 Å². The summed E-state index contributed by atoms with van der Waals surface area (Å²) in [6.07, 6.45) is 13.5. The number of allylic oxidation sites excluding steroid dienone is 8. The van der Waals surface area contributed by atoms with Gasteiger partial charge in [-0.25, -0.2) is 4.79 Å². The molecule has 2 aliphatic carbocycles. The molecule has 0 fully saturated rings. The molecular weight excluding hydrogens is 348 g/mol. The lowest BCUT2D eigenvalue weighted by Crippen LogP contribution is -2.06. The Labute approximate surface area is 117 Å². The van der Waals surface area contributed by atoms with Crippen LogP contribution >= 0.6 is 32.2 Å². The van der Waals surface area contributed by atoms with Crippen molar-refractivity contribution in [2.45, 2.75) is 12.8 Å². The van der Waals surface area contributed by atoms with E-state index in [1.54, 1.807) is 0 Å². The molecule has 17 heavy (non-hydrogen) atoms. The topological polar surface area (TPSA) is 26.3 Å². The predicted octanol–water partition coefficient (Wildman–Crippen LogP) is 4.26. The van der Waals surface area contributed by atoms with Gasteiger partial charge in [-0.15, -0.1) is 0 Å². The minimum absolute atomic E-state index is 0.375. The third-order valence-electron chi connectivity index (χ3n) is 2.64. The summed E-state index contributed by atoms with van der Waals surface area (Å²) >= 11 is 6.26. The van der Waals surface area contributed by atoms with Crippen LogP contribution in [0.2, 0.25) is 0 Å². The normalized spacial score (nSPS) is 18.9. The maximum absolute atomic E-state index is 11.8. The summed E-state index contributed by atoms with van der Waals surface area (Å²) in [6.45, 7) is 0. The molecule has 2 aliphatic rings. The first-order valence-electron chi connectivity index (χ1n) is 5.19. The lowest BCUT2D eigenvalue weighted by Gasteiger charge is -2.10. The third kappa shape index (κ3) is 2.69. The van der Waals surface area contributed by atoms with Gasteiger partial charge in [0.15, 0.2) is 16.3 Å². The maximum Gasteiger partial charge on any atom is 0.351 e. The van der Waals surface area contributed by atoms with E-state index < -0.39 is 0 Å². The van der Waals surface area contributed by atoms with Crippen molar-refractivity contribution in [3.05, 3.63) is 57.7 Å². The molecule has 0 saturated heterocycles. The smallest absolute Gasteiger partial charge is 0.351 e. The minimum Gasteiger partial charge on any atom is -0.380 e. The van der Waals surface area contributed by atoms with Crippen molar-refractivity contribution in [3.8, 4) is 0 Å². The van der Waals surface area contributed by atoms with Crippen LogP contribution in [0.3, 0.4) is 0 Å². The van der Waals surface area contributed by atoms with Gasteiger partial charge in [-0.2, -0.15) is 0 Å². The van der Waals surface area contributed by atoms with Crippen molar-refractivity contribution in [2.75, 3.05) is 0 Å². The molecule has 0 spiro atoms. The highest BCUT2D eigenvalue weighted by Gasteiger charge is 2.22. The molecule has 0 amide bonds. The molecule has 2 rings (SSSR count). The van der Waals surface area contributed by atoms with Crippen LogP contribution in [-0.2, 0) is 8.62 Å². The van der Waals surface area contributed by atoms with Crippen LogP contribution in [0.4, 0.5) is 0 Å². The Hall–Kier alpha value is -0.870. The van der Waals surface area contributed by atoms with Gasteiger partial charge < -0.3 is 3.83 Å². The second-order valence-electron chi connectivity index (χ2n) is 3.70. The highest BCUT2D eigenvalue weighted by molar-refractivity contribution is 9.12. The van der Waals surface area contributed by atoms with Gasteiger partial charge in [-0.05, 0) is 39.9 Å². The summed E-state index contributed by atoms with van der Waals surface area (Å²) in [7, 11) is 0. The van der Waals surface area contributed by atoms with Crippen molar-refractivity contribution in [3.63, 3.8) is 0 Å². The zero-order valence-corrected chi connectivity index (χ0v) is 12.1. The summed E-state index contributed by atoms with van der Waals surface area (Å²) in [5.74, 6) is -0.375. The van der Waals surface area contributed by atoms with E-state index in [1.807, 2.05) is 30.4 Å². The monoisotopic (exact) mass is 356 g/mol. The van der Waals surface area contributed by atoms with Crippen molar-refractivity contribution >= 4 is 38.2 Å².